The molecular weight excluding hydrogens is 296 g/mol. The fourth-order valence-corrected chi connectivity index (χ4v) is 2.16. The summed E-state index contributed by atoms with van der Waals surface area (Å²) in [5.41, 5.74) is 0.816. The maximum absolute atomic E-state index is 11.5. The van der Waals surface area contributed by atoms with Gasteiger partial charge in [-0.25, -0.2) is 4.79 Å². The van der Waals surface area contributed by atoms with Gasteiger partial charge in [-0.15, -0.1) is 0 Å². The number of carbonyl (C=O) groups excluding carboxylic acids is 1. The average molecular weight is 315 g/mol. The van der Waals surface area contributed by atoms with Crippen molar-refractivity contribution < 1.29 is 19.4 Å². The quantitative estimate of drug-likeness (QED) is 0.790. The molecule has 116 valence electrons. The second-order valence-corrected chi connectivity index (χ2v) is 5.28. The Morgan fingerprint density at radius 1 is 1.38 bits per heavy atom. The number of ether oxygens (including phenoxy) is 2. The summed E-state index contributed by atoms with van der Waals surface area (Å²) in [6, 6.07) is 3.20. The first-order valence-corrected chi connectivity index (χ1v) is 7.22. The number of hydrogen-bond donors (Lipinski definition) is 3. The summed E-state index contributed by atoms with van der Waals surface area (Å²) in [6.07, 6.45) is 0.226. The van der Waals surface area contributed by atoms with Crippen LogP contribution in [0.1, 0.15) is 18.9 Å². The summed E-state index contributed by atoms with van der Waals surface area (Å²) >= 11 is 6.17. The van der Waals surface area contributed by atoms with Crippen molar-refractivity contribution in [2.45, 2.75) is 26.0 Å². The van der Waals surface area contributed by atoms with E-state index in [4.69, 9.17) is 26.2 Å². The van der Waals surface area contributed by atoms with Crippen molar-refractivity contribution >= 4 is 17.6 Å². The number of amides is 2. The van der Waals surface area contributed by atoms with E-state index in [1.807, 2.05) is 6.07 Å². The minimum Gasteiger partial charge on any atom is -0.489 e. The van der Waals surface area contributed by atoms with Crippen LogP contribution in [0.3, 0.4) is 0 Å². The first-order chi connectivity index (χ1) is 10.1. The van der Waals surface area contributed by atoms with Gasteiger partial charge >= 0.3 is 6.03 Å². The summed E-state index contributed by atoms with van der Waals surface area (Å²) in [5.74, 6) is 1.15. The Bertz CT molecular complexity index is 508. The fraction of sp³-hybridized carbons (Fsp3) is 0.500. The van der Waals surface area contributed by atoms with Crippen LogP contribution in [-0.2, 0) is 6.54 Å². The van der Waals surface area contributed by atoms with Gasteiger partial charge in [0.2, 0.25) is 0 Å². The zero-order valence-electron chi connectivity index (χ0n) is 11.8. The van der Waals surface area contributed by atoms with E-state index in [9.17, 15) is 4.79 Å². The number of urea groups is 1. The van der Waals surface area contributed by atoms with Crippen LogP contribution in [0.25, 0.3) is 0 Å². The number of rotatable bonds is 4. The average Bonchev–Trinajstić information content (AvgIpc) is 2.68. The topological polar surface area (TPSA) is 79.8 Å². The van der Waals surface area contributed by atoms with Crippen LogP contribution in [0.2, 0.25) is 5.02 Å². The Kier molecular flexibility index (Phi) is 5.52. The van der Waals surface area contributed by atoms with E-state index in [2.05, 4.69) is 10.6 Å². The summed E-state index contributed by atoms with van der Waals surface area (Å²) in [5, 5.41) is 14.8. The van der Waals surface area contributed by atoms with Gasteiger partial charge in [0.05, 0.1) is 24.3 Å². The minimum atomic E-state index is -0.580. The lowest BCUT2D eigenvalue weighted by molar-refractivity contribution is 0.187. The highest BCUT2D eigenvalue weighted by molar-refractivity contribution is 6.32. The molecule has 6 nitrogen and oxygen atoms in total. The second-order valence-electron chi connectivity index (χ2n) is 4.87. The fourth-order valence-electron chi connectivity index (χ4n) is 1.87. The summed E-state index contributed by atoms with van der Waals surface area (Å²) in [7, 11) is 0. The van der Waals surface area contributed by atoms with E-state index < -0.39 is 6.10 Å². The largest absolute Gasteiger partial charge is 0.489 e. The molecule has 0 unspecified atom stereocenters. The zero-order valence-corrected chi connectivity index (χ0v) is 12.6. The van der Waals surface area contributed by atoms with Crippen LogP contribution in [0, 0.1) is 0 Å². The predicted molar refractivity (Wildman–Crippen MR) is 79.0 cm³/mol. The molecule has 1 atom stereocenters. The molecular formula is C14H19ClN2O4. The highest BCUT2D eigenvalue weighted by Crippen LogP contribution is 2.37. The Labute approximate surface area is 128 Å². The summed E-state index contributed by atoms with van der Waals surface area (Å²) in [6.45, 7) is 3.26. The highest BCUT2D eigenvalue weighted by Gasteiger charge is 2.15. The summed E-state index contributed by atoms with van der Waals surface area (Å²) < 4.78 is 11.1. The molecule has 0 saturated heterocycles. The number of fused-ring (bicyclic) bond motifs is 1. The third-order valence-electron chi connectivity index (χ3n) is 2.87. The van der Waals surface area contributed by atoms with E-state index in [-0.39, 0.29) is 12.6 Å². The van der Waals surface area contributed by atoms with Gasteiger partial charge in [0.1, 0.15) is 0 Å². The summed E-state index contributed by atoms with van der Waals surface area (Å²) in [4.78, 5) is 11.5. The molecule has 1 aliphatic heterocycles. The maximum atomic E-state index is 11.5. The molecule has 1 aliphatic rings. The SMILES string of the molecule is C[C@@H](O)CNC(=O)NCc1cc(Cl)c2c(c1)OCCCO2. The number of hydrogen-bond acceptors (Lipinski definition) is 4. The van der Waals surface area contributed by atoms with Crippen molar-refractivity contribution in [2.75, 3.05) is 19.8 Å². The normalized spacial score (nSPS) is 15.0. The van der Waals surface area contributed by atoms with Crippen LogP contribution in [0.5, 0.6) is 11.5 Å². The lowest BCUT2D eigenvalue weighted by Crippen LogP contribution is -2.38. The van der Waals surface area contributed by atoms with Crippen LogP contribution >= 0.6 is 11.6 Å². The molecule has 2 amide bonds. The van der Waals surface area contributed by atoms with Gasteiger partial charge in [-0.1, -0.05) is 11.6 Å². The first kappa shape index (κ1) is 15.7. The van der Waals surface area contributed by atoms with Gasteiger partial charge in [0.15, 0.2) is 11.5 Å². The Balaban J connectivity index is 1.96. The van der Waals surface area contributed by atoms with Gasteiger partial charge in [-0.3, -0.25) is 0 Å². The monoisotopic (exact) mass is 314 g/mol. The van der Waals surface area contributed by atoms with Gasteiger partial charge in [-0.2, -0.15) is 0 Å². The lowest BCUT2D eigenvalue weighted by atomic mass is 10.2. The zero-order chi connectivity index (χ0) is 15.2. The van der Waals surface area contributed by atoms with Crippen LogP contribution in [0.15, 0.2) is 12.1 Å². The molecule has 0 aliphatic carbocycles. The van der Waals surface area contributed by atoms with Gasteiger partial charge in [0.25, 0.3) is 0 Å². The number of carbonyl (C=O) groups is 1. The van der Waals surface area contributed by atoms with Crippen molar-refractivity contribution in [2.24, 2.45) is 0 Å². The van der Waals surface area contributed by atoms with Crippen molar-refractivity contribution in [1.29, 1.82) is 0 Å². The van der Waals surface area contributed by atoms with E-state index in [0.29, 0.717) is 36.3 Å². The van der Waals surface area contributed by atoms with Gasteiger partial charge in [0, 0.05) is 19.5 Å². The third kappa shape index (κ3) is 4.68. The van der Waals surface area contributed by atoms with Crippen LogP contribution in [-0.4, -0.2) is 37.0 Å². The van der Waals surface area contributed by atoms with Crippen molar-refractivity contribution in [1.82, 2.24) is 10.6 Å². The predicted octanol–water partition coefficient (Wildman–Crippen LogP) is 1.68. The van der Waals surface area contributed by atoms with E-state index in [1.54, 1.807) is 13.0 Å². The molecule has 0 bridgehead atoms. The number of aliphatic hydroxyl groups is 1. The van der Waals surface area contributed by atoms with E-state index >= 15 is 0 Å². The molecule has 7 heteroatoms. The molecule has 21 heavy (non-hydrogen) atoms. The Morgan fingerprint density at radius 2 is 2.14 bits per heavy atom. The highest BCUT2D eigenvalue weighted by atomic mass is 35.5. The van der Waals surface area contributed by atoms with E-state index in [1.165, 1.54) is 0 Å². The van der Waals surface area contributed by atoms with Crippen LogP contribution < -0.4 is 20.1 Å². The number of benzene rings is 1. The third-order valence-corrected chi connectivity index (χ3v) is 3.15. The molecule has 1 aromatic carbocycles. The van der Waals surface area contributed by atoms with Crippen molar-refractivity contribution in [3.8, 4) is 11.5 Å². The first-order valence-electron chi connectivity index (χ1n) is 6.84. The minimum absolute atomic E-state index is 0.202. The van der Waals surface area contributed by atoms with Gasteiger partial charge < -0.3 is 25.2 Å². The lowest BCUT2D eigenvalue weighted by Gasteiger charge is -2.13. The molecule has 0 fully saturated rings. The van der Waals surface area contributed by atoms with Crippen molar-refractivity contribution in [3.05, 3.63) is 22.7 Å². The molecule has 0 aromatic heterocycles. The molecule has 1 aromatic rings. The standard InChI is InChI=1S/C14H19ClN2O4/c1-9(18)7-16-14(19)17-8-10-5-11(15)13-12(6-10)20-3-2-4-21-13/h5-6,9,18H,2-4,7-8H2,1H3,(H2,16,17,19)/t9-/m1/s1. The Hall–Kier alpha value is -1.66. The number of nitrogens with one attached hydrogen (secondary N) is 2. The molecule has 1 heterocycles. The molecule has 3 N–H and O–H groups in total. The van der Waals surface area contributed by atoms with Crippen molar-refractivity contribution in [3.63, 3.8) is 0 Å². The Morgan fingerprint density at radius 3 is 2.90 bits per heavy atom. The molecule has 0 saturated carbocycles. The second kappa shape index (κ2) is 7.38. The van der Waals surface area contributed by atoms with Crippen LogP contribution in [0.4, 0.5) is 4.79 Å². The number of halogens is 1. The molecule has 0 radical (unpaired) electrons. The molecule has 0 spiro atoms. The maximum Gasteiger partial charge on any atom is 0.315 e. The molecule has 2 rings (SSSR count). The number of aliphatic hydroxyl groups excluding tert-OH is 1. The smallest absolute Gasteiger partial charge is 0.315 e. The van der Waals surface area contributed by atoms with E-state index in [0.717, 1.165) is 12.0 Å². The van der Waals surface area contributed by atoms with Gasteiger partial charge in [-0.05, 0) is 24.6 Å².